The number of nitrogens with zero attached hydrogens (tertiary/aromatic N) is 3. The molecule has 6 nitrogen and oxygen atoms in total. The van der Waals surface area contributed by atoms with Gasteiger partial charge in [0.25, 0.3) is 5.91 Å². The summed E-state index contributed by atoms with van der Waals surface area (Å²) >= 11 is 1.53. The normalized spacial score (nSPS) is 21.4. The Morgan fingerprint density at radius 2 is 2.00 bits per heavy atom. The molecule has 0 radical (unpaired) electrons. The Labute approximate surface area is 183 Å². The minimum absolute atomic E-state index is 0.0857. The predicted molar refractivity (Wildman–Crippen MR) is 118 cm³/mol. The van der Waals surface area contributed by atoms with Crippen LogP contribution in [0.3, 0.4) is 0 Å². The van der Waals surface area contributed by atoms with Gasteiger partial charge in [-0.25, -0.2) is 4.39 Å². The van der Waals surface area contributed by atoms with Crippen LogP contribution in [-0.4, -0.2) is 33.2 Å². The van der Waals surface area contributed by atoms with Gasteiger partial charge in [-0.15, -0.1) is 11.3 Å². The zero-order valence-corrected chi connectivity index (χ0v) is 18.0. The lowest BCUT2D eigenvalue weighted by Gasteiger charge is -2.43. The Morgan fingerprint density at radius 1 is 1.23 bits per heavy atom. The molecular weight excluding hydrogens is 415 g/mol. The van der Waals surface area contributed by atoms with Crippen LogP contribution < -0.4 is 10.2 Å². The molecule has 31 heavy (non-hydrogen) atoms. The van der Waals surface area contributed by atoms with Crippen molar-refractivity contribution < 1.29 is 14.0 Å². The number of nitrogens with one attached hydrogen (secondary N) is 1. The van der Waals surface area contributed by atoms with Crippen LogP contribution in [0.4, 0.5) is 10.1 Å². The molecule has 160 valence electrons. The van der Waals surface area contributed by atoms with Crippen molar-refractivity contribution in [3.8, 4) is 10.6 Å². The number of carbonyl (C=O) groups excluding carboxylic acids is 2. The number of hydrogen-bond acceptors (Lipinski definition) is 4. The summed E-state index contributed by atoms with van der Waals surface area (Å²) in [5.74, 6) is -1.26. The fourth-order valence-corrected chi connectivity index (χ4v) is 5.23. The molecule has 3 heterocycles. The van der Waals surface area contributed by atoms with Gasteiger partial charge in [-0.1, -0.05) is 31.0 Å². The van der Waals surface area contributed by atoms with Gasteiger partial charge in [0.05, 0.1) is 17.1 Å². The van der Waals surface area contributed by atoms with Gasteiger partial charge in [0.2, 0.25) is 5.91 Å². The minimum Gasteiger partial charge on any atom is -0.351 e. The van der Waals surface area contributed by atoms with Gasteiger partial charge in [-0.3, -0.25) is 19.2 Å². The summed E-state index contributed by atoms with van der Waals surface area (Å²) in [4.78, 5) is 29.4. The van der Waals surface area contributed by atoms with Crippen LogP contribution in [0, 0.1) is 5.82 Å². The van der Waals surface area contributed by atoms with Crippen molar-refractivity contribution in [1.29, 1.82) is 0 Å². The summed E-state index contributed by atoms with van der Waals surface area (Å²) in [6, 6.07) is 11.8. The molecule has 0 unspecified atom stereocenters. The van der Waals surface area contributed by atoms with Crippen molar-refractivity contribution in [3.63, 3.8) is 0 Å². The van der Waals surface area contributed by atoms with Gasteiger partial charge in [0.1, 0.15) is 22.7 Å². The molecule has 1 N–H and O–H groups in total. The highest BCUT2D eigenvalue weighted by Crippen LogP contribution is 2.36. The fourth-order valence-electron chi connectivity index (χ4n) is 4.55. The van der Waals surface area contributed by atoms with Crippen molar-refractivity contribution in [2.45, 2.75) is 50.7 Å². The number of halogens is 1. The lowest BCUT2D eigenvalue weighted by molar-refractivity contribution is -0.127. The first-order chi connectivity index (χ1) is 15.0. The summed E-state index contributed by atoms with van der Waals surface area (Å²) in [6.45, 7) is 1.84. The van der Waals surface area contributed by atoms with Gasteiger partial charge in [-0.05, 0) is 49.4 Å². The first-order valence-corrected chi connectivity index (χ1v) is 11.4. The highest BCUT2D eigenvalue weighted by Gasteiger charge is 2.50. The topological polar surface area (TPSA) is 67.2 Å². The van der Waals surface area contributed by atoms with E-state index in [-0.39, 0.29) is 24.2 Å². The second-order valence-electron chi connectivity index (χ2n) is 8.37. The second-order valence-corrected chi connectivity index (χ2v) is 9.32. The average Bonchev–Trinajstić information content (AvgIpc) is 3.50. The maximum Gasteiger partial charge on any atom is 0.277 e. The van der Waals surface area contributed by atoms with Crippen LogP contribution in [0.5, 0.6) is 0 Å². The number of carbonyl (C=O) groups is 2. The van der Waals surface area contributed by atoms with Gasteiger partial charge in [0, 0.05) is 6.04 Å². The number of anilines is 1. The second kappa shape index (κ2) is 7.60. The molecule has 2 aliphatic rings. The lowest BCUT2D eigenvalue weighted by atomic mass is 9.93. The van der Waals surface area contributed by atoms with E-state index >= 15 is 0 Å². The molecule has 0 bridgehead atoms. The van der Waals surface area contributed by atoms with E-state index in [0.717, 1.165) is 30.6 Å². The molecule has 2 aromatic heterocycles. The Kier molecular flexibility index (Phi) is 4.89. The third kappa shape index (κ3) is 3.35. The van der Waals surface area contributed by atoms with E-state index in [9.17, 15) is 14.0 Å². The molecular formula is C23H23FN4O2S. The zero-order chi connectivity index (χ0) is 21.6. The maximum absolute atomic E-state index is 14.8. The molecule has 1 saturated carbocycles. The summed E-state index contributed by atoms with van der Waals surface area (Å²) in [5, 5.41) is 9.65. The fraction of sp³-hybridized carbons (Fsp3) is 0.348. The summed E-state index contributed by atoms with van der Waals surface area (Å²) < 4.78 is 16.4. The van der Waals surface area contributed by atoms with Crippen LogP contribution in [0.2, 0.25) is 0 Å². The van der Waals surface area contributed by atoms with E-state index in [1.165, 1.54) is 22.3 Å². The van der Waals surface area contributed by atoms with Crippen LogP contribution in [-0.2, 0) is 11.3 Å². The van der Waals surface area contributed by atoms with Gasteiger partial charge in [-0.2, -0.15) is 5.10 Å². The average molecular weight is 439 g/mol. The van der Waals surface area contributed by atoms with E-state index < -0.39 is 17.3 Å². The van der Waals surface area contributed by atoms with Gasteiger partial charge < -0.3 is 5.32 Å². The molecule has 3 aromatic rings. The van der Waals surface area contributed by atoms with Gasteiger partial charge in [0.15, 0.2) is 0 Å². The van der Waals surface area contributed by atoms with Crippen LogP contribution in [0.25, 0.3) is 10.6 Å². The summed E-state index contributed by atoms with van der Waals surface area (Å²) in [7, 11) is 0. The Morgan fingerprint density at radius 3 is 2.71 bits per heavy atom. The van der Waals surface area contributed by atoms with Crippen LogP contribution >= 0.6 is 11.3 Å². The number of amides is 2. The summed E-state index contributed by atoms with van der Waals surface area (Å²) in [6.07, 6.45) is 3.99. The zero-order valence-electron chi connectivity index (χ0n) is 17.2. The highest BCUT2D eigenvalue weighted by molar-refractivity contribution is 7.13. The number of benzene rings is 1. The van der Waals surface area contributed by atoms with Crippen molar-refractivity contribution in [2.24, 2.45) is 0 Å². The maximum atomic E-state index is 14.8. The molecule has 0 saturated heterocycles. The molecule has 0 spiro atoms. The molecule has 1 aliphatic heterocycles. The Bertz CT molecular complexity index is 1140. The van der Waals surface area contributed by atoms with E-state index in [1.54, 1.807) is 35.9 Å². The number of fused-ring (bicyclic) bond motifs is 1. The Balaban J connectivity index is 1.60. The molecule has 5 rings (SSSR count). The van der Waals surface area contributed by atoms with Crippen molar-refractivity contribution >= 4 is 28.8 Å². The number of hydrogen-bond donors (Lipinski definition) is 1. The van der Waals surface area contributed by atoms with Crippen molar-refractivity contribution in [1.82, 2.24) is 15.1 Å². The first-order valence-electron chi connectivity index (χ1n) is 10.5. The number of rotatable bonds is 4. The Hall–Kier alpha value is -3.00. The SMILES string of the molecule is C[C@@]1(C(=O)NC2CCCC2)Cn2nc(-c3cccs3)cc2C(=O)N1c1ccccc1F. The third-order valence-electron chi connectivity index (χ3n) is 6.20. The third-order valence-corrected chi connectivity index (χ3v) is 7.09. The van der Waals surface area contributed by atoms with Crippen molar-refractivity contribution in [3.05, 3.63) is 59.4 Å². The molecule has 1 fully saturated rings. The van der Waals surface area contributed by atoms with E-state index in [0.29, 0.717) is 11.4 Å². The standard InChI is InChI=1S/C23H23FN4O2S/c1-23(22(30)25-15-7-2-3-8-15)14-27-19(13-17(26-27)20-11-6-12-31-20)21(29)28(23)18-10-5-4-9-16(18)24/h4-6,9-13,15H,2-3,7-8,14H2,1H3,(H,25,30)/t23-/m0/s1. The van der Waals surface area contributed by atoms with E-state index in [1.807, 2.05) is 17.5 Å². The molecule has 1 aliphatic carbocycles. The number of thiophene rings is 1. The number of para-hydroxylation sites is 1. The lowest BCUT2D eigenvalue weighted by Crippen LogP contribution is -2.65. The largest absolute Gasteiger partial charge is 0.351 e. The molecule has 1 atom stereocenters. The van der Waals surface area contributed by atoms with E-state index in [2.05, 4.69) is 10.4 Å². The highest BCUT2D eigenvalue weighted by atomic mass is 32.1. The van der Waals surface area contributed by atoms with Crippen LogP contribution in [0.1, 0.15) is 43.1 Å². The molecule has 2 amide bonds. The quantitative estimate of drug-likeness (QED) is 0.663. The molecule has 8 heteroatoms. The van der Waals surface area contributed by atoms with E-state index in [4.69, 9.17) is 0 Å². The summed E-state index contributed by atoms with van der Waals surface area (Å²) in [5.41, 5.74) is -0.195. The van der Waals surface area contributed by atoms with Crippen LogP contribution in [0.15, 0.2) is 47.8 Å². The monoisotopic (exact) mass is 438 g/mol. The number of aromatic nitrogens is 2. The van der Waals surface area contributed by atoms with Crippen molar-refractivity contribution in [2.75, 3.05) is 4.90 Å². The first kappa shape index (κ1) is 19.9. The smallest absolute Gasteiger partial charge is 0.277 e. The minimum atomic E-state index is -1.31. The van der Waals surface area contributed by atoms with Gasteiger partial charge >= 0.3 is 0 Å². The predicted octanol–water partition coefficient (Wildman–Crippen LogP) is 4.23. The molecule has 1 aromatic carbocycles.